The number of amides is 1. The molecule has 1 heterocycles. The second-order valence-electron chi connectivity index (χ2n) is 4.47. The van der Waals surface area contributed by atoms with E-state index in [1.807, 2.05) is 6.92 Å². The summed E-state index contributed by atoms with van der Waals surface area (Å²) in [6, 6.07) is 8.86. The number of rotatable bonds is 5. The highest BCUT2D eigenvalue weighted by molar-refractivity contribution is 6.30. The Balaban J connectivity index is 1.90. The molecule has 0 fully saturated rings. The first kappa shape index (κ1) is 14.5. The fraction of sp³-hybridized carbons (Fsp3) is 0.267. The van der Waals surface area contributed by atoms with Gasteiger partial charge in [-0.1, -0.05) is 11.6 Å². The first-order valence-electron chi connectivity index (χ1n) is 6.29. The van der Waals surface area contributed by atoms with Gasteiger partial charge in [-0.25, -0.2) is 0 Å². The smallest absolute Gasteiger partial charge is 0.261 e. The van der Waals surface area contributed by atoms with Crippen LogP contribution in [0.4, 0.5) is 0 Å². The maximum absolute atomic E-state index is 11.9. The predicted molar refractivity (Wildman–Crippen MR) is 76.8 cm³/mol. The minimum atomic E-state index is -0.593. The standard InChI is InChI=1S/C15H16ClNO3/c1-10-8-12(16)5-6-14(10)20-11(2)15(18)17-9-13-4-3-7-19-13/h3-8,11H,9H2,1-2H3,(H,17,18)/t11-/m0/s1. The Kier molecular flexibility index (Phi) is 4.69. The molecule has 0 bridgehead atoms. The summed E-state index contributed by atoms with van der Waals surface area (Å²) < 4.78 is 10.8. The van der Waals surface area contributed by atoms with Crippen molar-refractivity contribution in [1.82, 2.24) is 5.32 Å². The number of halogens is 1. The zero-order valence-corrected chi connectivity index (χ0v) is 12.1. The van der Waals surface area contributed by atoms with E-state index in [0.717, 1.165) is 5.56 Å². The van der Waals surface area contributed by atoms with Gasteiger partial charge in [-0.15, -0.1) is 0 Å². The highest BCUT2D eigenvalue weighted by Crippen LogP contribution is 2.22. The summed E-state index contributed by atoms with van der Waals surface area (Å²) in [4.78, 5) is 11.9. The Morgan fingerprint density at radius 3 is 2.90 bits per heavy atom. The molecule has 1 aromatic heterocycles. The molecule has 0 spiro atoms. The molecule has 1 N–H and O–H groups in total. The van der Waals surface area contributed by atoms with Crippen LogP contribution in [-0.2, 0) is 11.3 Å². The largest absolute Gasteiger partial charge is 0.481 e. The average Bonchev–Trinajstić information content (AvgIpc) is 2.92. The van der Waals surface area contributed by atoms with Gasteiger partial charge in [0.05, 0.1) is 12.8 Å². The van der Waals surface area contributed by atoms with Crippen LogP contribution in [0.5, 0.6) is 5.75 Å². The Labute approximate surface area is 122 Å². The second kappa shape index (κ2) is 6.48. The van der Waals surface area contributed by atoms with Gasteiger partial charge in [0.25, 0.3) is 5.91 Å². The molecule has 2 rings (SSSR count). The van der Waals surface area contributed by atoms with E-state index in [-0.39, 0.29) is 5.91 Å². The highest BCUT2D eigenvalue weighted by Gasteiger charge is 2.15. The van der Waals surface area contributed by atoms with E-state index < -0.39 is 6.10 Å². The third-order valence-corrected chi connectivity index (χ3v) is 3.06. The molecule has 2 aromatic rings. The van der Waals surface area contributed by atoms with E-state index in [1.165, 1.54) is 0 Å². The van der Waals surface area contributed by atoms with Crippen molar-refractivity contribution in [3.8, 4) is 5.75 Å². The van der Waals surface area contributed by atoms with Crippen molar-refractivity contribution in [3.63, 3.8) is 0 Å². The average molecular weight is 294 g/mol. The fourth-order valence-electron chi connectivity index (χ4n) is 1.72. The van der Waals surface area contributed by atoms with E-state index in [4.69, 9.17) is 20.8 Å². The van der Waals surface area contributed by atoms with Gasteiger partial charge in [0, 0.05) is 5.02 Å². The summed E-state index contributed by atoms with van der Waals surface area (Å²) in [6.07, 6.45) is 0.975. The van der Waals surface area contributed by atoms with Gasteiger partial charge in [-0.3, -0.25) is 4.79 Å². The lowest BCUT2D eigenvalue weighted by Crippen LogP contribution is -2.35. The van der Waals surface area contributed by atoms with Crippen molar-refractivity contribution < 1.29 is 13.9 Å². The van der Waals surface area contributed by atoms with Gasteiger partial charge in [-0.05, 0) is 49.7 Å². The number of nitrogens with one attached hydrogen (secondary N) is 1. The Hall–Kier alpha value is -1.94. The molecule has 0 radical (unpaired) electrons. The van der Waals surface area contributed by atoms with Crippen LogP contribution in [0.3, 0.4) is 0 Å². The van der Waals surface area contributed by atoms with Crippen LogP contribution in [0.1, 0.15) is 18.2 Å². The minimum absolute atomic E-state index is 0.198. The predicted octanol–water partition coefficient (Wildman–Crippen LogP) is 3.33. The van der Waals surface area contributed by atoms with Gasteiger partial charge in [0.1, 0.15) is 11.5 Å². The molecule has 0 unspecified atom stereocenters. The zero-order valence-electron chi connectivity index (χ0n) is 11.4. The van der Waals surface area contributed by atoms with Gasteiger partial charge in [-0.2, -0.15) is 0 Å². The molecule has 106 valence electrons. The second-order valence-corrected chi connectivity index (χ2v) is 4.90. The van der Waals surface area contributed by atoms with Gasteiger partial charge in [0.2, 0.25) is 0 Å². The molecule has 1 amide bonds. The number of furan rings is 1. The molecule has 1 atom stereocenters. The van der Waals surface area contributed by atoms with Crippen molar-refractivity contribution >= 4 is 17.5 Å². The zero-order chi connectivity index (χ0) is 14.5. The fourth-order valence-corrected chi connectivity index (χ4v) is 1.95. The molecular weight excluding hydrogens is 278 g/mol. The monoisotopic (exact) mass is 293 g/mol. The number of hydrogen-bond acceptors (Lipinski definition) is 3. The van der Waals surface area contributed by atoms with Crippen LogP contribution in [0.15, 0.2) is 41.0 Å². The topological polar surface area (TPSA) is 51.5 Å². The Morgan fingerprint density at radius 1 is 1.45 bits per heavy atom. The minimum Gasteiger partial charge on any atom is -0.481 e. The summed E-state index contributed by atoms with van der Waals surface area (Å²) in [6.45, 7) is 3.93. The molecule has 5 heteroatoms. The Bertz CT molecular complexity index is 581. The lowest BCUT2D eigenvalue weighted by atomic mass is 10.2. The lowest BCUT2D eigenvalue weighted by Gasteiger charge is -2.16. The number of carbonyl (C=O) groups is 1. The third-order valence-electron chi connectivity index (χ3n) is 2.83. The third kappa shape index (κ3) is 3.78. The molecule has 1 aromatic carbocycles. The molecular formula is C15H16ClNO3. The Morgan fingerprint density at radius 2 is 2.25 bits per heavy atom. The summed E-state index contributed by atoms with van der Waals surface area (Å²) >= 11 is 5.88. The van der Waals surface area contributed by atoms with Crippen LogP contribution in [-0.4, -0.2) is 12.0 Å². The molecule has 0 saturated heterocycles. The maximum Gasteiger partial charge on any atom is 0.261 e. The van der Waals surface area contributed by atoms with E-state index in [2.05, 4.69) is 5.32 Å². The molecule has 20 heavy (non-hydrogen) atoms. The summed E-state index contributed by atoms with van der Waals surface area (Å²) in [7, 11) is 0. The SMILES string of the molecule is Cc1cc(Cl)ccc1O[C@@H](C)C(=O)NCc1ccco1. The molecule has 4 nitrogen and oxygen atoms in total. The number of hydrogen-bond donors (Lipinski definition) is 1. The van der Waals surface area contributed by atoms with Gasteiger partial charge >= 0.3 is 0 Å². The first-order valence-corrected chi connectivity index (χ1v) is 6.67. The number of aryl methyl sites for hydroxylation is 1. The maximum atomic E-state index is 11.9. The van der Waals surface area contributed by atoms with Gasteiger partial charge < -0.3 is 14.5 Å². The molecule has 0 aliphatic rings. The first-order chi connectivity index (χ1) is 9.56. The number of ether oxygens (including phenoxy) is 1. The normalized spacial score (nSPS) is 11.9. The number of benzene rings is 1. The van der Waals surface area contributed by atoms with Crippen molar-refractivity contribution in [3.05, 3.63) is 52.9 Å². The van der Waals surface area contributed by atoms with Crippen LogP contribution in [0, 0.1) is 6.92 Å². The van der Waals surface area contributed by atoms with E-state index in [1.54, 1.807) is 43.5 Å². The van der Waals surface area contributed by atoms with Crippen molar-refractivity contribution in [2.45, 2.75) is 26.5 Å². The number of carbonyl (C=O) groups excluding carboxylic acids is 1. The van der Waals surface area contributed by atoms with Crippen LogP contribution in [0.25, 0.3) is 0 Å². The van der Waals surface area contributed by atoms with E-state index >= 15 is 0 Å². The molecule has 0 saturated carbocycles. The summed E-state index contributed by atoms with van der Waals surface area (Å²) in [5.74, 6) is 1.15. The summed E-state index contributed by atoms with van der Waals surface area (Å²) in [5, 5.41) is 3.40. The van der Waals surface area contributed by atoms with Crippen LogP contribution >= 0.6 is 11.6 Å². The van der Waals surface area contributed by atoms with Crippen molar-refractivity contribution in [2.24, 2.45) is 0 Å². The highest BCUT2D eigenvalue weighted by atomic mass is 35.5. The molecule has 0 aliphatic carbocycles. The molecule has 0 aliphatic heterocycles. The van der Waals surface area contributed by atoms with E-state index in [9.17, 15) is 4.79 Å². The van der Waals surface area contributed by atoms with Gasteiger partial charge in [0.15, 0.2) is 6.10 Å². The van der Waals surface area contributed by atoms with Crippen LogP contribution < -0.4 is 10.1 Å². The summed E-state index contributed by atoms with van der Waals surface area (Å²) in [5.41, 5.74) is 0.892. The quantitative estimate of drug-likeness (QED) is 0.920. The van der Waals surface area contributed by atoms with Crippen LogP contribution in [0.2, 0.25) is 5.02 Å². The van der Waals surface area contributed by atoms with Crippen molar-refractivity contribution in [1.29, 1.82) is 0 Å². The van der Waals surface area contributed by atoms with Crippen molar-refractivity contribution in [2.75, 3.05) is 0 Å². The lowest BCUT2D eigenvalue weighted by molar-refractivity contribution is -0.127. The van der Waals surface area contributed by atoms with E-state index in [0.29, 0.717) is 23.1 Å².